The van der Waals surface area contributed by atoms with Gasteiger partial charge in [-0.15, -0.1) is 0 Å². The number of carbonyl (C=O) groups excluding carboxylic acids is 2. The molecule has 1 aliphatic carbocycles. The molecule has 6 nitrogen and oxygen atoms in total. The Hall–Kier alpha value is -1.14. The Balaban J connectivity index is 2.39. The van der Waals surface area contributed by atoms with Crippen molar-refractivity contribution in [1.82, 2.24) is 4.90 Å². The van der Waals surface area contributed by atoms with E-state index in [0.717, 1.165) is 135 Å². The summed E-state index contributed by atoms with van der Waals surface area (Å²) in [6, 6.07) is 0.285. The highest BCUT2D eigenvalue weighted by atomic mass is 16.5. The fraction of sp³-hybridized carbons (Fsp3) is 0.960. The van der Waals surface area contributed by atoms with Crippen molar-refractivity contribution >= 4 is 11.9 Å². The lowest BCUT2D eigenvalue weighted by atomic mass is 9.91. The molecule has 1 fully saturated rings. The van der Waals surface area contributed by atoms with E-state index < -0.39 is 0 Å². The Bertz CT molecular complexity index is 808. The highest BCUT2D eigenvalue weighted by molar-refractivity contribution is 5.72. The van der Waals surface area contributed by atoms with Crippen molar-refractivity contribution in [1.29, 1.82) is 0 Å². The maximum atomic E-state index is 13.0. The topological polar surface area (TPSA) is 76.1 Å². The lowest BCUT2D eigenvalue weighted by Gasteiger charge is -2.38. The lowest BCUT2D eigenvalue weighted by molar-refractivity contribution is -0.150. The SMILES string of the molecule is CCCCCCCCC(CCCCCC)C(=O)OCCCCCCN(CCCCCCOC(=O)[C@@H](CCCCCC)CCCCCCCC)C1CCCCC1O. The molecule has 0 aromatic rings. The zero-order valence-electron chi connectivity index (χ0n) is 38.1. The van der Waals surface area contributed by atoms with Crippen LogP contribution in [0.25, 0.3) is 0 Å². The van der Waals surface area contributed by atoms with Gasteiger partial charge in [-0.1, -0.05) is 195 Å². The van der Waals surface area contributed by atoms with Crippen molar-refractivity contribution in [3.63, 3.8) is 0 Å². The van der Waals surface area contributed by atoms with Gasteiger partial charge in [0.05, 0.1) is 31.2 Å². The Morgan fingerprint density at radius 3 is 1.18 bits per heavy atom. The summed E-state index contributed by atoms with van der Waals surface area (Å²) >= 11 is 0. The molecule has 1 N–H and O–H groups in total. The number of aliphatic hydroxyl groups excluding tert-OH is 1. The molecule has 56 heavy (non-hydrogen) atoms. The van der Waals surface area contributed by atoms with Crippen LogP contribution in [0.1, 0.15) is 259 Å². The van der Waals surface area contributed by atoms with Crippen molar-refractivity contribution in [3.8, 4) is 0 Å². The minimum Gasteiger partial charge on any atom is -0.465 e. The number of esters is 2. The molecule has 0 aromatic heterocycles. The third-order valence-corrected chi connectivity index (χ3v) is 12.6. The molecule has 0 saturated heterocycles. The first-order valence-corrected chi connectivity index (χ1v) is 25.2. The third-order valence-electron chi connectivity index (χ3n) is 12.6. The monoisotopic (exact) mass is 792 g/mol. The molecule has 0 radical (unpaired) electrons. The molecule has 0 spiro atoms. The van der Waals surface area contributed by atoms with Gasteiger partial charge < -0.3 is 14.6 Å². The minimum absolute atomic E-state index is 0.0520. The van der Waals surface area contributed by atoms with E-state index in [-0.39, 0.29) is 35.9 Å². The van der Waals surface area contributed by atoms with E-state index in [0.29, 0.717) is 13.2 Å². The number of aliphatic hydroxyl groups is 1. The van der Waals surface area contributed by atoms with Crippen molar-refractivity contribution in [3.05, 3.63) is 0 Å². The highest BCUT2D eigenvalue weighted by Gasteiger charge is 2.28. The van der Waals surface area contributed by atoms with Crippen molar-refractivity contribution in [2.45, 2.75) is 271 Å². The van der Waals surface area contributed by atoms with Crippen molar-refractivity contribution in [2.75, 3.05) is 26.3 Å². The number of rotatable bonds is 41. The van der Waals surface area contributed by atoms with Crippen LogP contribution in [-0.2, 0) is 19.1 Å². The molecular formula is C50H97NO5. The molecule has 1 saturated carbocycles. The summed E-state index contributed by atoms with van der Waals surface area (Å²) in [5.74, 6) is 0.272. The van der Waals surface area contributed by atoms with Crippen LogP contribution >= 0.6 is 0 Å². The molecule has 0 aliphatic heterocycles. The van der Waals surface area contributed by atoms with Crippen LogP contribution < -0.4 is 0 Å². The average Bonchev–Trinajstić information content (AvgIpc) is 3.20. The number of carbonyl (C=O) groups is 2. The first-order valence-electron chi connectivity index (χ1n) is 25.2. The fourth-order valence-electron chi connectivity index (χ4n) is 8.82. The van der Waals surface area contributed by atoms with E-state index in [2.05, 4.69) is 32.6 Å². The number of hydrogen-bond donors (Lipinski definition) is 1. The summed E-state index contributed by atoms with van der Waals surface area (Å²) in [7, 11) is 0. The van der Waals surface area contributed by atoms with E-state index in [1.54, 1.807) is 0 Å². The van der Waals surface area contributed by atoms with Gasteiger partial charge in [-0.2, -0.15) is 0 Å². The summed E-state index contributed by atoms with van der Waals surface area (Å²) < 4.78 is 11.7. The molecule has 0 bridgehead atoms. The summed E-state index contributed by atoms with van der Waals surface area (Å²) in [5.41, 5.74) is 0. The van der Waals surface area contributed by atoms with Crippen LogP contribution in [-0.4, -0.2) is 60.4 Å². The standard InChI is InChI=1S/C50H97NO5/c1-5-9-13-17-19-27-37-45(35-25-15-11-7-3)49(53)55-43-33-23-21-31-41-51(47-39-29-30-40-48(47)52)42-32-22-24-34-44-56-50(54)46(36-26-16-12-8-4)38-28-20-18-14-10-6-2/h45-48,52H,5-44H2,1-4H3/t45-,46?,47?,48?/m0/s1. The molecule has 4 atom stereocenters. The van der Waals surface area contributed by atoms with Gasteiger partial charge in [-0.3, -0.25) is 14.5 Å². The summed E-state index contributed by atoms with van der Waals surface area (Å²) in [5, 5.41) is 10.9. The molecule has 0 heterocycles. The number of unbranched alkanes of at least 4 members (excludes halogenated alkanes) is 22. The van der Waals surface area contributed by atoms with Crippen LogP contribution in [0.4, 0.5) is 0 Å². The van der Waals surface area contributed by atoms with E-state index >= 15 is 0 Å². The zero-order chi connectivity index (χ0) is 40.7. The van der Waals surface area contributed by atoms with Crippen molar-refractivity contribution < 1.29 is 24.2 Å². The van der Waals surface area contributed by atoms with Gasteiger partial charge in [-0.25, -0.2) is 0 Å². The predicted octanol–water partition coefficient (Wildman–Crippen LogP) is 14.5. The van der Waals surface area contributed by atoms with Gasteiger partial charge in [0.15, 0.2) is 0 Å². The molecule has 332 valence electrons. The molecular weight excluding hydrogens is 695 g/mol. The molecule has 0 aromatic carbocycles. The largest absolute Gasteiger partial charge is 0.465 e. The van der Waals surface area contributed by atoms with Crippen LogP contribution in [0, 0.1) is 11.8 Å². The Kier molecular flexibility index (Phi) is 37.1. The Labute approximate surface area is 349 Å². The quantitative estimate of drug-likeness (QED) is 0.0491. The summed E-state index contributed by atoms with van der Waals surface area (Å²) in [4.78, 5) is 28.7. The van der Waals surface area contributed by atoms with E-state index in [4.69, 9.17) is 9.47 Å². The number of nitrogens with zero attached hydrogens (tertiary/aromatic N) is 1. The van der Waals surface area contributed by atoms with E-state index in [1.165, 1.54) is 109 Å². The zero-order valence-corrected chi connectivity index (χ0v) is 38.1. The van der Waals surface area contributed by atoms with Gasteiger partial charge in [-0.05, 0) is 77.3 Å². The van der Waals surface area contributed by atoms with E-state index in [9.17, 15) is 14.7 Å². The molecule has 6 heteroatoms. The first-order chi connectivity index (χ1) is 27.5. The van der Waals surface area contributed by atoms with Crippen LogP contribution in [0.15, 0.2) is 0 Å². The van der Waals surface area contributed by atoms with Gasteiger partial charge in [0.2, 0.25) is 0 Å². The number of ether oxygens (including phenoxy) is 2. The molecule has 1 aliphatic rings. The maximum Gasteiger partial charge on any atom is 0.308 e. The third kappa shape index (κ3) is 29.1. The average molecular weight is 792 g/mol. The van der Waals surface area contributed by atoms with Gasteiger partial charge in [0.1, 0.15) is 0 Å². The predicted molar refractivity (Wildman–Crippen MR) is 239 cm³/mol. The van der Waals surface area contributed by atoms with Crippen molar-refractivity contribution in [2.24, 2.45) is 11.8 Å². The fourth-order valence-corrected chi connectivity index (χ4v) is 8.82. The second-order valence-corrected chi connectivity index (χ2v) is 17.8. The second kappa shape index (κ2) is 39.3. The Morgan fingerprint density at radius 1 is 0.464 bits per heavy atom. The summed E-state index contributed by atoms with van der Waals surface area (Å²) in [6.07, 6.45) is 41.6. The van der Waals surface area contributed by atoms with Crippen LogP contribution in [0.5, 0.6) is 0 Å². The Morgan fingerprint density at radius 2 is 0.786 bits per heavy atom. The number of hydrogen-bond acceptors (Lipinski definition) is 6. The summed E-state index contributed by atoms with van der Waals surface area (Å²) in [6.45, 7) is 12.2. The first kappa shape index (κ1) is 52.9. The molecule has 0 amide bonds. The van der Waals surface area contributed by atoms with Gasteiger partial charge in [0.25, 0.3) is 0 Å². The minimum atomic E-state index is -0.208. The smallest absolute Gasteiger partial charge is 0.308 e. The van der Waals surface area contributed by atoms with Gasteiger partial charge >= 0.3 is 11.9 Å². The molecule has 1 rings (SSSR count). The van der Waals surface area contributed by atoms with Crippen LogP contribution in [0.3, 0.4) is 0 Å². The lowest BCUT2D eigenvalue weighted by Crippen LogP contribution is -2.46. The molecule has 3 unspecified atom stereocenters. The second-order valence-electron chi connectivity index (χ2n) is 17.8. The van der Waals surface area contributed by atoms with E-state index in [1.807, 2.05) is 0 Å². The maximum absolute atomic E-state index is 13.0. The highest BCUT2D eigenvalue weighted by Crippen LogP contribution is 2.25. The van der Waals surface area contributed by atoms with Crippen LogP contribution in [0.2, 0.25) is 0 Å². The van der Waals surface area contributed by atoms with Gasteiger partial charge in [0, 0.05) is 6.04 Å². The normalized spacial score (nSPS) is 17.0.